The number of benzene rings is 2. The Hall–Kier alpha value is -2.41. The summed E-state index contributed by atoms with van der Waals surface area (Å²) in [6.07, 6.45) is -0.182. The van der Waals surface area contributed by atoms with Crippen LogP contribution in [0.1, 0.15) is 30.5 Å². The van der Waals surface area contributed by atoms with Gasteiger partial charge in [0.1, 0.15) is 11.6 Å². The first-order valence-corrected chi connectivity index (χ1v) is 9.80. The van der Waals surface area contributed by atoms with Crippen molar-refractivity contribution >= 4 is 15.7 Å². The van der Waals surface area contributed by atoms with Crippen molar-refractivity contribution in [3.05, 3.63) is 59.4 Å². The molecular formula is C19H22FNO4S. The first kappa shape index (κ1) is 19.9. The average Bonchev–Trinajstić information content (AvgIpc) is 2.60. The summed E-state index contributed by atoms with van der Waals surface area (Å²) in [6.45, 7) is 3.75. The Morgan fingerprint density at radius 2 is 1.85 bits per heavy atom. The van der Waals surface area contributed by atoms with E-state index in [9.17, 15) is 17.6 Å². The third kappa shape index (κ3) is 5.05. The van der Waals surface area contributed by atoms with Gasteiger partial charge in [-0.2, -0.15) is 0 Å². The van der Waals surface area contributed by atoms with Crippen LogP contribution in [-0.2, 0) is 14.6 Å². The fourth-order valence-corrected chi connectivity index (χ4v) is 3.81. The van der Waals surface area contributed by atoms with Gasteiger partial charge in [-0.05, 0) is 44.2 Å². The van der Waals surface area contributed by atoms with Crippen LogP contribution in [0.25, 0.3) is 0 Å². The zero-order valence-electron chi connectivity index (χ0n) is 15.0. The summed E-state index contributed by atoms with van der Waals surface area (Å²) in [5.41, 5.74) is 1.85. The van der Waals surface area contributed by atoms with Crippen molar-refractivity contribution in [2.24, 2.45) is 0 Å². The van der Waals surface area contributed by atoms with E-state index >= 15 is 0 Å². The topological polar surface area (TPSA) is 72.5 Å². The van der Waals surface area contributed by atoms with Crippen molar-refractivity contribution < 1.29 is 22.3 Å². The lowest BCUT2D eigenvalue weighted by molar-refractivity contribution is -0.121. The van der Waals surface area contributed by atoms with E-state index in [1.807, 2.05) is 32.0 Å². The van der Waals surface area contributed by atoms with Gasteiger partial charge in [-0.15, -0.1) is 0 Å². The summed E-state index contributed by atoms with van der Waals surface area (Å²) in [4.78, 5) is 12.2. The lowest BCUT2D eigenvalue weighted by Crippen LogP contribution is -2.28. The minimum atomic E-state index is -3.64. The fraction of sp³-hybridized carbons (Fsp3) is 0.316. The number of carbonyl (C=O) groups is 1. The largest absolute Gasteiger partial charge is 0.496 e. The Balaban J connectivity index is 2.00. The Labute approximate surface area is 153 Å². The van der Waals surface area contributed by atoms with Crippen LogP contribution in [-0.4, -0.2) is 27.2 Å². The molecule has 2 aromatic rings. The molecule has 140 valence electrons. The Bertz CT molecular complexity index is 879. The van der Waals surface area contributed by atoms with Gasteiger partial charge in [0.05, 0.1) is 23.8 Å². The summed E-state index contributed by atoms with van der Waals surface area (Å²) in [6, 6.07) is 9.88. The molecule has 0 saturated carbocycles. The van der Waals surface area contributed by atoms with E-state index in [-0.39, 0.29) is 29.0 Å². The second-order valence-corrected chi connectivity index (χ2v) is 8.17. The predicted octanol–water partition coefficient (Wildman–Crippen LogP) is 3.18. The molecule has 0 fully saturated rings. The van der Waals surface area contributed by atoms with Crippen LogP contribution in [0.2, 0.25) is 0 Å². The molecule has 0 heterocycles. The molecule has 0 radical (unpaired) electrons. The molecular weight excluding hydrogens is 357 g/mol. The van der Waals surface area contributed by atoms with E-state index in [4.69, 9.17) is 4.74 Å². The summed E-state index contributed by atoms with van der Waals surface area (Å²) in [7, 11) is -2.09. The number of nitrogens with one attached hydrogen (secondary N) is 1. The number of carbonyl (C=O) groups excluding carboxylic acids is 1. The first-order valence-electron chi connectivity index (χ1n) is 8.15. The van der Waals surface area contributed by atoms with Crippen molar-refractivity contribution in [3.8, 4) is 5.75 Å². The predicted molar refractivity (Wildman–Crippen MR) is 97.4 cm³/mol. The Morgan fingerprint density at radius 1 is 1.19 bits per heavy atom. The monoisotopic (exact) mass is 379 g/mol. The van der Waals surface area contributed by atoms with Crippen LogP contribution < -0.4 is 10.1 Å². The highest BCUT2D eigenvalue weighted by atomic mass is 32.2. The van der Waals surface area contributed by atoms with Crippen molar-refractivity contribution in [2.75, 3.05) is 12.9 Å². The van der Waals surface area contributed by atoms with Gasteiger partial charge in [0.15, 0.2) is 9.84 Å². The first-order chi connectivity index (χ1) is 12.2. The number of hydrogen-bond acceptors (Lipinski definition) is 4. The molecule has 0 aromatic heterocycles. The van der Waals surface area contributed by atoms with Gasteiger partial charge in [0.25, 0.3) is 0 Å². The number of hydrogen-bond donors (Lipinski definition) is 1. The average molecular weight is 379 g/mol. The number of ether oxygens (including phenoxy) is 1. The SMILES string of the molecule is COc1ccc(C)cc1[C@H](C)NC(=O)CCS(=O)(=O)c1ccc(F)cc1. The van der Waals surface area contributed by atoms with Gasteiger partial charge in [-0.3, -0.25) is 4.79 Å². The Kier molecular flexibility index (Phi) is 6.37. The van der Waals surface area contributed by atoms with E-state index in [1.165, 1.54) is 12.1 Å². The zero-order chi connectivity index (χ0) is 19.3. The van der Waals surface area contributed by atoms with Crippen LogP contribution in [0.5, 0.6) is 5.75 Å². The maximum absolute atomic E-state index is 12.9. The van der Waals surface area contributed by atoms with Gasteiger partial charge < -0.3 is 10.1 Å². The minimum absolute atomic E-state index is 0.0000943. The summed E-state index contributed by atoms with van der Waals surface area (Å²) >= 11 is 0. The van der Waals surface area contributed by atoms with Crippen molar-refractivity contribution in [2.45, 2.75) is 31.2 Å². The van der Waals surface area contributed by atoms with Crippen LogP contribution in [0.4, 0.5) is 4.39 Å². The molecule has 0 aliphatic rings. The van der Waals surface area contributed by atoms with Crippen LogP contribution in [0, 0.1) is 12.7 Å². The molecule has 5 nitrogen and oxygen atoms in total. The molecule has 1 amide bonds. The van der Waals surface area contributed by atoms with Crippen LogP contribution in [0.15, 0.2) is 47.4 Å². The van der Waals surface area contributed by atoms with Gasteiger partial charge in [0, 0.05) is 12.0 Å². The quantitative estimate of drug-likeness (QED) is 0.750. The zero-order valence-corrected chi connectivity index (χ0v) is 15.8. The van der Waals surface area contributed by atoms with Gasteiger partial charge in [0.2, 0.25) is 5.91 Å². The molecule has 2 aromatic carbocycles. The van der Waals surface area contributed by atoms with E-state index in [0.29, 0.717) is 5.75 Å². The number of amides is 1. The highest BCUT2D eigenvalue weighted by Gasteiger charge is 2.19. The molecule has 0 spiro atoms. The van der Waals surface area contributed by atoms with Crippen molar-refractivity contribution in [1.82, 2.24) is 5.32 Å². The molecule has 0 saturated heterocycles. The molecule has 0 aliphatic heterocycles. The number of sulfone groups is 1. The molecule has 0 bridgehead atoms. The molecule has 1 N–H and O–H groups in total. The van der Waals surface area contributed by atoms with E-state index in [0.717, 1.165) is 23.3 Å². The highest BCUT2D eigenvalue weighted by molar-refractivity contribution is 7.91. The Morgan fingerprint density at radius 3 is 2.46 bits per heavy atom. The third-order valence-electron chi connectivity index (χ3n) is 4.00. The maximum Gasteiger partial charge on any atom is 0.221 e. The van der Waals surface area contributed by atoms with E-state index < -0.39 is 15.7 Å². The molecule has 0 unspecified atom stereocenters. The van der Waals surface area contributed by atoms with E-state index in [2.05, 4.69) is 5.32 Å². The minimum Gasteiger partial charge on any atom is -0.496 e. The summed E-state index contributed by atoms with van der Waals surface area (Å²) < 4.78 is 42.7. The molecule has 2 rings (SSSR count). The van der Waals surface area contributed by atoms with Crippen LogP contribution >= 0.6 is 0 Å². The second kappa shape index (κ2) is 8.31. The molecule has 0 aliphatic carbocycles. The smallest absolute Gasteiger partial charge is 0.221 e. The second-order valence-electron chi connectivity index (χ2n) is 6.06. The number of aryl methyl sites for hydroxylation is 1. The van der Waals surface area contributed by atoms with Gasteiger partial charge >= 0.3 is 0 Å². The molecule has 7 heteroatoms. The summed E-state index contributed by atoms with van der Waals surface area (Å²) in [5, 5.41) is 2.79. The highest BCUT2D eigenvalue weighted by Crippen LogP contribution is 2.26. The maximum atomic E-state index is 12.9. The van der Waals surface area contributed by atoms with Crippen molar-refractivity contribution in [1.29, 1.82) is 0 Å². The standard InChI is InChI=1S/C19H22FNO4S/c1-13-4-9-18(25-3)17(12-13)14(2)21-19(22)10-11-26(23,24)16-7-5-15(20)6-8-16/h4-9,12,14H,10-11H2,1-3H3,(H,21,22)/t14-/m0/s1. The number of halogens is 1. The third-order valence-corrected chi connectivity index (χ3v) is 5.73. The van der Waals surface area contributed by atoms with Crippen LogP contribution in [0.3, 0.4) is 0 Å². The van der Waals surface area contributed by atoms with E-state index in [1.54, 1.807) is 7.11 Å². The fourth-order valence-electron chi connectivity index (χ4n) is 2.57. The lowest BCUT2D eigenvalue weighted by atomic mass is 10.0. The summed E-state index contributed by atoms with van der Waals surface area (Å²) in [5.74, 6) is -0.584. The lowest BCUT2D eigenvalue weighted by Gasteiger charge is -2.18. The van der Waals surface area contributed by atoms with Gasteiger partial charge in [-0.25, -0.2) is 12.8 Å². The molecule has 1 atom stereocenters. The number of methoxy groups -OCH3 is 1. The number of rotatable bonds is 7. The molecule has 26 heavy (non-hydrogen) atoms. The van der Waals surface area contributed by atoms with Crippen molar-refractivity contribution in [3.63, 3.8) is 0 Å². The van der Waals surface area contributed by atoms with Gasteiger partial charge in [-0.1, -0.05) is 17.7 Å². The normalized spacial score (nSPS) is 12.5.